The second kappa shape index (κ2) is 9.57. The average Bonchev–Trinajstić information content (AvgIpc) is 3.33. The van der Waals surface area contributed by atoms with Crippen LogP contribution < -0.4 is 15.5 Å². The van der Waals surface area contributed by atoms with E-state index < -0.39 is 0 Å². The van der Waals surface area contributed by atoms with Crippen molar-refractivity contribution in [1.29, 1.82) is 0 Å². The van der Waals surface area contributed by atoms with Gasteiger partial charge < -0.3 is 20.4 Å². The van der Waals surface area contributed by atoms with Gasteiger partial charge in [-0.05, 0) is 18.8 Å². The van der Waals surface area contributed by atoms with E-state index in [9.17, 15) is 9.59 Å². The number of aliphatic imine (C=N–C) groups is 1. The number of aromatic nitrogens is 2. The molecule has 1 saturated carbocycles. The van der Waals surface area contributed by atoms with E-state index in [1.165, 1.54) is 25.7 Å². The van der Waals surface area contributed by atoms with Crippen LogP contribution in [0, 0.1) is 5.92 Å². The minimum absolute atomic E-state index is 0.0204. The molecule has 0 radical (unpaired) electrons. The second-order valence-electron chi connectivity index (χ2n) is 7.52. The van der Waals surface area contributed by atoms with Gasteiger partial charge in [0, 0.05) is 52.9 Å². The number of rotatable bonds is 6. The number of nitrogens with one attached hydrogen (secondary N) is 2. The first-order valence-corrected chi connectivity index (χ1v) is 10.1. The molecule has 1 aromatic heterocycles. The molecule has 1 aromatic rings. The predicted octanol–water partition coefficient (Wildman–Crippen LogP) is 0.341. The van der Waals surface area contributed by atoms with Crippen molar-refractivity contribution < 1.29 is 9.59 Å². The Morgan fingerprint density at radius 3 is 2.64 bits per heavy atom. The quantitative estimate of drug-likeness (QED) is 0.416. The lowest BCUT2D eigenvalue weighted by atomic mass is 10.0. The molecular formula is C19H31N7O2. The molecule has 0 spiro atoms. The van der Waals surface area contributed by atoms with Crippen molar-refractivity contribution >= 4 is 23.5 Å². The molecule has 2 heterocycles. The van der Waals surface area contributed by atoms with E-state index in [0.29, 0.717) is 44.5 Å². The van der Waals surface area contributed by atoms with Gasteiger partial charge in [0.05, 0.1) is 11.9 Å². The summed E-state index contributed by atoms with van der Waals surface area (Å²) in [6, 6.07) is 0. The van der Waals surface area contributed by atoms with Crippen molar-refractivity contribution in [2.75, 3.05) is 44.7 Å². The van der Waals surface area contributed by atoms with Crippen LogP contribution >= 0.6 is 0 Å². The minimum Gasteiger partial charge on any atom is -0.354 e. The molecule has 0 unspecified atom stereocenters. The maximum atomic E-state index is 12.5. The minimum atomic E-state index is 0.0204. The maximum Gasteiger partial charge on any atom is 0.246 e. The molecule has 2 fully saturated rings. The van der Waals surface area contributed by atoms with Crippen molar-refractivity contribution in [3.05, 3.63) is 12.4 Å². The molecule has 1 saturated heterocycles. The van der Waals surface area contributed by atoms with Crippen LogP contribution in [-0.4, -0.2) is 72.2 Å². The van der Waals surface area contributed by atoms with E-state index in [1.54, 1.807) is 22.8 Å². The van der Waals surface area contributed by atoms with Gasteiger partial charge in [-0.25, -0.2) is 0 Å². The number of nitrogens with zero attached hydrogens (tertiary/aromatic N) is 5. The standard InChI is InChI=1S/C19H31N7O2/c1-20-19(22-8-7-21-17(27)11-15-5-3-4-6-15)25-9-10-26(18(28)14-25)16-12-23-24(2)13-16/h12-13,15H,3-11,14H2,1-2H3,(H,20,22)(H,21,27). The van der Waals surface area contributed by atoms with Gasteiger partial charge in [0.15, 0.2) is 5.96 Å². The predicted molar refractivity (Wildman–Crippen MR) is 108 cm³/mol. The maximum absolute atomic E-state index is 12.5. The van der Waals surface area contributed by atoms with Crippen molar-refractivity contribution in [3.63, 3.8) is 0 Å². The number of hydrogen-bond donors (Lipinski definition) is 2. The molecule has 0 aromatic carbocycles. The van der Waals surface area contributed by atoms with Gasteiger partial charge in [-0.1, -0.05) is 12.8 Å². The lowest BCUT2D eigenvalue weighted by Gasteiger charge is -2.35. The number of guanidine groups is 1. The summed E-state index contributed by atoms with van der Waals surface area (Å²) < 4.78 is 1.69. The van der Waals surface area contributed by atoms with Crippen LogP contribution in [0.1, 0.15) is 32.1 Å². The number of hydrogen-bond acceptors (Lipinski definition) is 4. The van der Waals surface area contributed by atoms with Crippen LogP contribution in [0.25, 0.3) is 0 Å². The zero-order valence-corrected chi connectivity index (χ0v) is 16.9. The highest BCUT2D eigenvalue weighted by Gasteiger charge is 2.27. The molecular weight excluding hydrogens is 358 g/mol. The third kappa shape index (κ3) is 5.24. The molecule has 1 aliphatic carbocycles. The zero-order chi connectivity index (χ0) is 19.9. The van der Waals surface area contributed by atoms with Crippen LogP contribution in [0.3, 0.4) is 0 Å². The Balaban J connectivity index is 1.39. The van der Waals surface area contributed by atoms with Crippen molar-refractivity contribution in [2.45, 2.75) is 32.1 Å². The molecule has 2 aliphatic rings. The topological polar surface area (TPSA) is 94.9 Å². The average molecular weight is 390 g/mol. The third-order valence-electron chi connectivity index (χ3n) is 5.41. The van der Waals surface area contributed by atoms with Gasteiger partial charge in [-0.3, -0.25) is 19.3 Å². The number of amides is 2. The van der Waals surface area contributed by atoms with Gasteiger partial charge in [-0.2, -0.15) is 5.10 Å². The second-order valence-corrected chi connectivity index (χ2v) is 7.52. The van der Waals surface area contributed by atoms with E-state index in [1.807, 2.05) is 18.1 Å². The van der Waals surface area contributed by atoms with Crippen LogP contribution in [0.4, 0.5) is 5.69 Å². The summed E-state index contributed by atoms with van der Waals surface area (Å²) in [5.41, 5.74) is 0.820. The lowest BCUT2D eigenvalue weighted by molar-refractivity contribution is -0.122. The summed E-state index contributed by atoms with van der Waals surface area (Å²) in [6.07, 6.45) is 9.04. The molecule has 0 atom stereocenters. The molecule has 9 heteroatoms. The molecule has 28 heavy (non-hydrogen) atoms. The van der Waals surface area contributed by atoms with E-state index >= 15 is 0 Å². The van der Waals surface area contributed by atoms with E-state index in [2.05, 4.69) is 20.7 Å². The van der Waals surface area contributed by atoms with E-state index in [4.69, 9.17) is 0 Å². The molecule has 2 N–H and O–H groups in total. The Kier molecular flexibility index (Phi) is 6.89. The van der Waals surface area contributed by atoms with Crippen molar-refractivity contribution in [2.24, 2.45) is 18.0 Å². The lowest BCUT2D eigenvalue weighted by Crippen LogP contribution is -2.55. The molecule has 9 nitrogen and oxygen atoms in total. The highest BCUT2D eigenvalue weighted by molar-refractivity contribution is 5.98. The molecule has 3 rings (SSSR count). The Morgan fingerprint density at radius 1 is 1.25 bits per heavy atom. The van der Waals surface area contributed by atoms with Gasteiger partial charge in [-0.15, -0.1) is 0 Å². The summed E-state index contributed by atoms with van der Waals surface area (Å²) in [4.78, 5) is 32.5. The highest BCUT2D eigenvalue weighted by Crippen LogP contribution is 2.27. The van der Waals surface area contributed by atoms with Crippen molar-refractivity contribution in [3.8, 4) is 0 Å². The van der Waals surface area contributed by atoms with Crippen LogP contribution in [0.15, 0.2) is 17.4 Å². The van der Waals surface area contributed by atoms with Crippen LogP contribution in [0.5, 0.6) is 0 Å². The molecule has 154 valence electrons. The van der Waals surface area contributed by atoms with Crippen LogP contribution in [-0.2, 0) is 16.6 Å². The molecule has 1 aliphatic heterocycles. The Labute approximate surface area is 166 Å². The number of carbonyl (C=O) groups excluding carboxylic acids is 2. The smallest absolute Gasteiger partial charge is 0.246 e. The summed E-state index contributed by atoms with van der Waals surface area (Å²) in [5, 5.41) is 10.3. The summed E-state index contributed by atoms with van der Waals surface area (Å²) >= 11 is 0. The fraction of sp³-hybridized carbons (Fsp3) is 0.684. The zero-order valence-electron chi connectivity index (χ0n) is 16.9. The van der Waals surface area contributed by atoms with Crippen molar-refractivity contribution in [1.82, 2.24) is 25.3 Å². The van der Waals surface area contributed by atoms with Gasteiger partial charge >= 0.3 is 0 Å². The Bertz CT molecular complexity index is 709. The molecule has 2 amide bonds. The fourth-order valence-corrected chi connectivity index (χ4v) is 3.93. The van der Waals surface area contributed by atoms with Gasteiger partial charge in [0.25, 0.3) is 0 Å². The monoisotopic (exact) mass is 389 g/mol. The summed E-state index contributed by atoms with van der Waals surface area (Å²) in [6.45, 7) is 2.68. The first-order valence-electron chi connectivity index (χ1n) is 10.1. The van der Waals surface area contributed by atoms with Crippen LogP contribution in [0.2, 0.25) is 0 Å². The first-order chi connectivity index (χ1) is 13.6. The summed E-state index contributed by atoms with van der Waals surface area (Å²) in [7, 11) is 3.54. The van der Waals surface area contributed by atoms with E-state index in [-0.39, 0.29) is 18.4 Å². The fourth-order valence-electron chi connectivity index (χ4n) is 3.93. The Hall–Kier alpha value is -2.58. The number of piperazine rings is 1. The first kappa shape index (κ1) is 20.2. The normalized spacial score (nSPS) is 18.6. The number of anilines is 1. The third-order valence-corrected chi connectivity index (χ3v) is 5.41. The molecule has 0 bridgehead atoms. The Morgan fingerprint density at radius 2 is 2.00 bits per heavy atom. The number of carbonyl (C=O) groups is 2. The highest BCUT2D eigenvalue weighted by atomic mass is 16.2. The SMILES string of the molecule is CN=C(NCCNC(=O)CC1CCCC1)N1CCN(c2cnn(C)c2)C(=O)C1. The van der Waals surface area contributed by atoms with Gasteiger partial charge in [0.2, 0.25) is 11.8 Å². The largest absolute Gasteiger partial charge is 0.354 e. The van der Waals surface area contributed by atoms with Gasteiger partial charge in [0.1, 0.15) is 6.54 Å². The summed E-state index contributed by atoms with van der Waals surface area (Å²) in [5.74, 6) is 1.39. The number of aryl methyl sites for hydroxylation is 1. The van der Waals surface area contributed by atoms with E-state index in [0.717, 1.165) is 5.69 Å².